The first kappa shape index (κ1) is 16.1. The van der Waals surface area contributed by atoms with Crippen molar-refractivity contribution >= 4 is 23.2 Å². The van der Waals surface area contributed by atoms with E-state index in [9.17, 15) is 18.8 Å². The largest absolute Gasteiger partial charge is 0.341 e. The van der Waals surface area contributed by atoms with E-state index >= 15 is 0 Å². The standard InChI is InChI=1S/C16H12FN5O3/c17-9-6-7-11(18-8-9)20-14(23)12-13(21-16(25)22-15(12)24)19-10-4-2-1-3-5-10/h1-8H,(H,18,20,23)(H3,19,21,22,24,25). The average Bonchev–Trinajstić information content (AvgIpc) is 2.57. The lowest BCUT2D eigenvalue weighted by Gasteiger charge is -2.10. The molecule has 2 aromatic heterocycles. The summed E-state index contributed by atoms with van der Waals surface area (Å²) in [4.78, 5) is 44.1. The maximum Gasteiger partial charge on any atom is 0.327 e. The van der Waals surface area contributed by atoms with Crippen molar-refractivity contribution in [3.8, 4) is 0 Å². The second-order valence-corrected chi connectivity index (χ2v) is 4.97. The van der Waals surface area contributed by atoms with Crippen LogP contribution in [0.5, 0.6) is 0 Å². The summed E-state index contributed by atoms with van der Waals surface area (Å²) in [6.07, 6.45) is 0.926. The van der Waals surface area contributed by atoms with Gasteiger partial charge in [0.1, 0.15) is 23.0 Å². The molecule has 0 radical (unpaired) electrons. The van der Waals surface area contributed by atoms with Crippen LogP contribution in [0.1, 0.15) is 10.4 Å². The molecular weight excluding hydrogens is 329 g/mol. The number of rotatable bonds is 4. The molecule has 0 aliphatic carbocycles. The number of benzene rings is 1. The van der Waals surface area contributed by atoms with Crippen LogP contribution in [0.2, 0.25) is 0 Å². The van der Waals surface area contributed by atoms with Gasteiger partial charge in [0.25, 0.3) is 11.5 Å². The van der Waals surface area contributed by atoms with Crippen molar-refractivity contribution in [2.75, 3.05) is 10.6 Å². The number of aromatic amines is 2. The van der Waals surface area contributed by atoms with Gasteiger partial charge < -0.3 is 10.6 Å². The van der Waals surface area contributed by atoms with Gasteiger partial charge in [-0.1, -0.05) is 18.2 Å². The van der Waals surface area contributed by atoms with E-state index in [0.717, 1.165) is 12.3 Å². The molecule has 25 heavy (non-hydrogen) atoms. The van der Waals surface area contributed by atoms with Gasteiger partial charge in [-0.3, -0.25) is 19.6 Å². The van der Waals surface area contributed by atoms with Gasteiger partial charge >= 0.3 is 5.69 Å². The quantitative estimate of drug-likeness (QED) is 0.574. The number of carbonyl (C=O) groups is 1. The Labute approximate surface area is 139 Å². The van der Waals surface area contributed by atoms with Crippen molar-refractivity contribution in [3.05, 3.63) is 80.9 Å². The number of anilines is 3. The molecule has 4 N–H and O–H groups in total. The number of aromatic nitrogens is 3. The predicted molar refractivity (Wildman–Crippen MR) is 89.6 cm³/mol. The minimum atomic E-state index is -0.873. The summed E-state index contributed by atoms with van der Waals surface area (Å²) >= 11 is 0. The molecule has 1 amide bonds. The maximum absolute atomic E-state index is 12.9. The van der Waals surface area contributed by atoms with Crippen LogP contribution in [0.15, 0.2) is 58.3 Å². The predicted octanol–water partition coefficient (Wildman–Crippen LogP) is 1.59. The lowest BCUT2D eigenvalue weighted by Crippen LogP contribution is -2.32. The van der Waals surface area contributed by atoms with Gasteiger partial charge in [0, 0.05) is 5.69 Å². The molecule has 8 nitrogen and oxygen atoms in total. The Hall–Kier alpha value is -3.75. The first-order valence-corrected chi connectivity index (χ1v) is 7.14. The summed E-state index contributed by atoms with van der Waals surface area (Å²) in [7, 11) is 0. The number of pyridine rings is 1. The number of hydrogen-bond acceptors (Lipinski definition) is 5. The van der Waals surface area contributed by atoms with Crippen LogP contribution in [0.25, 0.3) is 0 Å². The Morgan fingerprint density at radius 1 is 1.04 bits per heavy atom. The number of nitrogens with one attached hydrogen (secondary N) is 4. The van der Waals surface area contributed by atoms with Crippen LogP contribution < -0.4 is 21.9 Å². The van der Waals surface area contributed by atoms with Crippen molar-refractivity contribution in [1.82, 2.24) is 15.0 Å². The van der Waals surface area contributed by atoms with Crippen molar-refractivity contribution in [1.29, 1.82) is 0 Å². The second-order valence-electron chi connectivity index (χ2n) is 4.97. The van der Waals surface area contributed by atoms with Crippen molar-refractivity contribution in [3.63, 3.8) is 0 Å². The number of halogens is 1. The zero-order valence-electron chi connectivity index (χ0n) is 12.7. The van der Waals surface area contributed by atoms with Crippen LogP contribution >= 0.6 is 0 Å². The van der Waals surface area contributed by atoms with E-state index in [1.54, 1.807) is 30.3 Å². The van der Waals surface area contributed by atoms with Crippen LogP contribution in [-0.4, -0.2) is 20.9 Å². The summed E-state index contributed by atoms with van der Waals surface area (Å²) in [5.41, 5.74) is -1.41. The maximum atomic E-state index is 12.9. The summed E-state index contributed by atoms with van der Waals surface area (Å²) < 4.78 is 12.9. The van der Waals surface area contributed by atoms with Gasteiger partial charge in [0.05, 0.1) is 6.20 Å². The van der Waals surface area contributed by atoms with Crippen molar-refractivity contribution in [2.45, 2.75) is 0 Å². The molecule has 3 aromatic rings. The molecule has 2 heterocycles. The van der Waals surface area contributed by atoms with Crippen LogP contribution in [0.4, 0.5) is 21.7 Å². The van der Waals surface area contributed by atoms with Gasteiger partial charge in [-0.05, 0) is 24.3 Å². The molecule has 1 aromatic carbocycles. The van der Waals surface area contributed by atoms with Gasteiger partial charge in [0.15, 0.2) is 0 Å². The third-order valence-electron chi connectivity index (χ3n) is 3.18. The Morgan fingerprint density at radius 3 is 2.48 bits per heavy atom. The zero-order chi connectivity index (χ0) is 17.8. The molecule has 126 valence electrons. The van der Waals surface area contributed by atoms with Crippen LogP contribution in [-0.2, 0) is 0 Å². The van der Waals surface area contributed by atoms with E-state index in [1.165, 1.54) is 6.07 Å². The molecule has 0 saturated heterocycles. The molecule has 0 aliphatic rings. The Bertz CT molecular complexity index is 1010. The second kappa shape index (κ2) is 6.79. The molecule has 0 unspecified atom stereocenters. The number of hydrogen-bond donors (Lipinski definition) is 4. The minimum Gasteiger partial charge on any atom is -0.341 e. The van der Waals surface area contributed by atoms with E-state index in [1.807, 2.05) is 4.98 Å². The number of H-pyrrole nitrogens is 2. The average molecular weight is 341 g/mol. The third-order valence-corrected chi connectivity index (χ3v) is 3.18. The van der Waals surface area contributed by atoms with Gasteiger partial charge in [0.2, 0.25) is 0 Å². The highest BCUT2D eigenvalue weighted by Gasteiger charge is 2.18. The fourth-order valence-corrected chi connectivity index (χ4v) is 2.09. The first-order valence-electron chi connectivity index (χ1n) is 7.14. The van der Waals surface area contributed by atoms with E-state index in [-0.39, 0.29) is 17.2 Å². The molecule has 0 bridgehead atoms. The molecule has 0 aliphatic heterocycles. The summed E-state index contributed by atoms with van der Waals surface area (Å²) in [6.45, 7) is 0. The van der Waals surface area contributed by atoms with Crippen LogP contribution in [0.3, 0.4) is 0 Å². The molecule has 0 saturated carbocycles. The fraction of sp³-hybridized carbons (Fsp3) is 0. The number of nitrogens with zero attached hydrogens (tertiary/aromatic N) is 1. The Balaban J connectivity index is 1.96. The van der Waals surface area contributed by atoms with Gasteiger partial charge in [-0.2, -0.15) is 0 Å². The summed E-state index contributed by atoms with van der Waals surface area (Å²) in [5, 5.41) is 5.19. The van der Waals surface area contributed by atoms with E-state index < -0.39 is 23.0 Å². The monoisotopic (exact) mass is 341 g/mol. The highest BCUT2D eigenvalue weighted by molar-refractivity contribution is 6.07. The smallest absolute Gasteiger partial charge is 0.327 e. The molecule has 0 spiro atoms. The molecule has 3 rings (SSSR count). The SMILES string of the molecule is O=C(Nc1ccc(F)cn1)c1c(Nc2ccccc2)[nH]c(=O)[nH]c1=O. The fourth-order valence-electron chi connectivity index (χ4n) is 2.09. The van der Waals surface area contributed by atoms with E-state index in [0.29, 0.717) is 5.69 Å². The Kier molecular flexibility index (Phi) is 4.38. The van der Waals surface area contributed by atoms with E-state index in [4.69, 9.17) is 0 Å². The number of amides is 1. The summed E-state index contributed by atoms with van der Waals surface area (Å²) in [6, 6.07) is 11.0. The Morgan fingerprint density at radius 2 is 1.80 bits per heavy atom. The molecule has 0 fully saturated rings. The van der Waals surface area contributed by atoms with Gasteiger partial charge in [-0.25, -0.2) is 14.2 Å². The lowest BCUT2D eigenvalue weighted by atomic mass is 10.2. The number of carbonyl (C=O) groups excluding carboxylic acids is 1. The van der Waals surface area contributed by atoms with Gasteiger partial charge in [-0.15, -0.1) is 0 Å². The van der Waals surface area contributed by atoms with Crippen molar-refractivity contribution in [2.24, 2.45) is 0 Å². The first-order chi connectivity index (χ1) is 12.0. The molecule has 0 atom stereocenters. The molecular formula is C16H12FN5O3. The number of para-hydroxylation sites is 1. The van der Waals surface area contributed by atoms with Crippen LogP contribution in [0, 0.1) is 5.82 Å². The highest BCUT2D eigenvalue weighted by Crippen LogP contribution is 2.16. The lowest BCUT2D eigenvalue weighted by molar-refractivity contribution is 0.102. The topological polar surface area (TPSA) is 120 Å². The third kappa shape index (κ3) is 3.78. The summed E-state index contributed by atoms with van der Waals surface area (Å²) in [5.74, 6) is -1.39. The zero-order valence-corrected chi connectivity index (χ0v) is 12.7. The van der Waals surface area contributed by atoms with E-state index in [2.05, 4.69) is 20.6 Å². The van der Waals surface area contributed by atoms with Crippen molar-refractivity contribution < 1.29 is 9.18 Å². The molecule has 9 heteroatoms. The normalized spacial score (nSPS) is 10.3. The highest BCUT2D eigenvalue weighted by atomic mass is 19.1. The minimum absolute atomic E-state index is 0.0580.